The van der Waals surface area contributed by atoms with E-state index in [-0.39, 0.29) is 5.75 Å². The lowest BCUT2D eigenvalue weighted by Gasteiger charge is -2.10. The average Bonchev–Trinajstić information content (AvgIpc) is 2.46. The molecule has 0 aliphatic rings. The number of hydrogen-bond acceptors (Lipinski definition) is 2. The van der Waals surface area contributed by atoms with E-state index in [1.807, 2.05) is 0 Å². The summed E-state index contributed by atoms with van der Waals surface area (Å²) < 4.78 is 40.0. The fourth-order valence-corrected chi connectivity index (χ4v) is 1.96. The van der Waals surface area contributed by atoms with Crippen molar-refractivity contribution in [2.45, 2.75) is 19.2 Å². The van der Waals surface area contributed by atoms with Gasteiger partial charge in [0.25, 0.3) is 0 Å². The minimum absolute atomic E-state index is 0.285. The number of aliphatic carboxylic acids is 1. The van der Waals surface area contributed by atoms with Gasteiger partial charge in [-0.05, 0) is 35.7 Å². The molecule has 22 heavy (non-hydrogen) atoms. The summed E-state index contributed by atoms with van der Waals surface area (Å²) in [5, 5.41) is 8.94. The Kier molecular flexibility index (Phi) is 4.40. The molecule has 1 unspecified atom stereocenters. The van der Waals surface area contributed by atoms with Crippen molar-refractivity contribution in [3.8, 4) is 16.9 Å². The zero-order valence-electron chi connectivity index (χ0n) is 11.6. The molecule has 0 heterocycles. The summed E-state index contributed by atoms with van der Waals surface area (Å²) >= 11 is 0. The summed E-state index contributed by atoms with van der Waals surface area (Å²) in [6, 6.07) is 12.3. The summed E-state index contributed by atoms with van der Waals surface area (Å²) in [6.07, 6.45) is -4.71. The molecule has 0 bridgehead atoms. The van der Waals surface area contributed by atoms with Crippen LogP contribution in [0.2, 0.25) is 0 Å². The first-order chi connectivity index (χ1) is 10.3. The van der Waals surface area contributed by atoms with Gasteiger partial charge < -0.3 is 9.84 Å². The molecular formula is C16H13F3O3. The number of carboxylic acids is 1. The second kappa shape index (κ2) is 6.09. The second-order valence-electron chi connectivity index (χ2n) is 4.75. The van der Waals surface area contributed by atoms with Gasteiger partial charge in [-0.2, -0.15) is 0 Å². The molecule has 0 saturated heterocycles. The van der Waals surface area contributed by atoms with E-state index < -0.39 is 18.2 Å². The first-order valence-corrected chi connectivity index (χ1v) is 6.45. The normalized spacial score (nSPS) is 12.7. The van der Waals surface area contributed by atoms with Crippen molar-refractivity contribution in [1.82, 2.24) is 0 Å². The van der Waals surface area contributed by atoms with Crippen LogP contribution >= 0.6 is 0 Å². The zero-order valence-corrected chi connectivity index (χ0v) is 11.6. The van der Waals surface area contributed by atoms with Gasteiger partial charge in [0.2, 0.25) is 0 Å². The van der Waals surface area contributed by atoms with E-state index in [2.05, 4.69) is 4.74 Å². The van der Waals surface area contributed by atoms with Gasteiger partial charge in [0.05, 0.1) is 5.92 Å². The minimum Gasteiger partial charge on any atom is -0.481 e. The van der Waals surface area contributed by atoms with Crippen LogP contribution in [0.3, 0.4) is 0 Å². The van der Waals surface area contributed by atoms with E-state index in [1.54, 1.807) is 31.2 Å². The van der Waals surface area contributed by atoms with Crippen molar-refractivity contribution in [1.29, 1.82) is 0 Å². The van der Waals surface area contributed by atoms with E-state index in [1.165, 1.54) is 24.3 Å². The highest BCUT2D eigenvalue weighted by Gasteiger charge is 2.30. The van der Waals surface area contributed by atoms with Crippen LogP contribution in [-0.2, 0) is 4.79 Å². The molecule has 1 atom stereocenters. The molecule has 0 spiro atoms. The lowest BCUT2D eigenvalue weighted by atomic mass is 9.98. The molecule has 1 N–H and O–H groups in total. The highest BCUT2D eigenvalue weighted by molar-refractivity contribution is 5.76. The van der Waals surface area contributed by atoms with Crippen LogP contribution in [0.5, 0.6) is 5.75 Å². The molecule has 2 rings (SSSR count). The molecule has 0 radical (unpaired) electrons. The highest BCUT2D eigenvalue weighted by Crippen LogP contribution is 2.27. The third-order valence-electron chi connectivity index (χ3n) is 3.20. The number of benzene rings is 2. The molecule has 0 amide bonds. The van der Waals surface area contributed by atoms with Crippen molar-refractivity contribution in [2.24, 2.45) is 0 Å². The Hall–Kier alpha value is -2.50. The third kappa shape index (κ3) is 4.00. The summed E-state index contributed by atoms with van der Waals surface area (Å²) in [4.78, 5) is 10.9. The number of carbonyl (C=O) groups is 1. The molecule has 0 aliphatic heterocycles. The predicted octanol–water partition coefficient (Wildman–Crippen LogP) is 4.44. The first kappa shape index (κ1) is 15.9. The van der Waals surface area contributed by atoms with Crippen LogP contribution in [0, 0.1) is 0 Å². The first-order valence-electron chi connectivity index (χ1n) is 6.45. The Balaban J connectivity index is 2.17. The Morgan fingerprint density at radius 1 is 1.00 bits per heavy atom. The number of rotatable bonds is 4. The van der Waals surface area contributed by atoms with Gasteiger partial charge in [0.15, 0.2) is 0 Å². The van der Waals surface area contributed by atoms with Gasteiger partial charge in [-0.25, -0.2) is 0 Å². The quantitative estimate of drug-likeness (QED) is 0.908. The third-order valence-corrected chi connectivity index (χ3v) is 3.20. The van der Waals surface area contributed by atoms with E-state index in [9.17, 15) is 18.0 Å². The van der Waals surface area contributed by atoms with E-state index in [0.29, 0.717) is 11.1 Å². The van der Waals surface area contributed by atoms with Crippen LogP contribution in [0.1, 0.15) is 18.4 Å². The van der Waals surface area contributed by atoms with Gasteiger partial charge in [-0.15, -0.1) is 13.2 Å². The monoisotopic (exact) mass is 310 g/mol. The smallest absolute Gasteiger partial charge is 0.481 e. The van der Waals surface area contributed by atoms with E-state index >= 15 is 0 Å². The van der Waals surface area contributed by atoms with E-state index in [0.717, 1.165) is 5.56 Å². The van der Waals surface area contributed by atoms with Crippen molar-refractivity contribution in [2.75, 3.05) is 0 Å². The Bertz CT molecular complexity index is 646. The zero-order chi connectivity index (χ0) is 16.3. The molecule has 2 aromatic carbocycles. The topological polar surface area (TPSA) is 46.5 Å². The van der Waals surface area contributed by atoms with Crippen molar-refractivity contribution >= 4 is 5.97 Å². The molecule has 6 heteroatoms. The van der Waals surface area contributed by atoms with Crippen LogP contribution in [0.4, 0.5) is 13.2 Å². The maximum Gasteiger partial charge on any atom is 0.573 e. The Labute approximate surface area is 125 Å². The molecule has 3 nitrogen and oxygen atoms in total. The summed E-state index contributed by atoms with van der Waals surface area (Å²) in [7, 11) is 0. The van der Waals surface area contributed by atoms with E-state index in [4.69, 9.17) is 5.11 Å². The molecule has 2 aromatic rings. The van der Waals surface area contributed by atoms with Gasteiger partial charge in [0.1, 0.15) is 5.75 Å². The highest BCUT2D eigenvalue weighted by atomic mass is 19.4. The summed E-state index contributed by atoms with van der Waals surface area (Å²) in [6.45, 7) is 1.58. The average molecular weight is 310 g/mol. The maximum absolute atomic E-state index is 12.1. The van der Waals surface area contributed by atoms with Gasteiger partial charge in [-0.1, -0.05) is 36.4 Å². The number of alkyl halides is 3. The number of halogens is 3. The summed E-state index contributed by atoms with van der Waals surface area (Å²) in [5.41, 5.74) is 2.15. The fourth-order valence-electron chi connectivity index (χ4n) is 1.96. The van der Waals surface area contributed by atoms with Crippen LogP contribution in [-0.4, -0.2) is 17.4 Å². The number of carboxylic acid groups (broad SMARTS) is 1. The fraction of sp³-hybridized carbons (Fsp3) is 0.188. The van der Waals surface area contributed by atoms with Gasteiger partial charge in [-0.3, -0.25) is 4.79 Å². The van der Waals surface area contributed by atoms with Crippen molar-refractivity contribution in [3.05, 3.63) is 54.1 Å². The SMILES string of the molecule is CC(C(=O)O)c1ccc(-c2ccc(OC(F)(F)F)cc2)cc1. The second-order valence-corrected chi connectivity index (χ2v) is 4.75. The predicted molar refractivity (Wildman–Crippen MR) is 74.6 cm³/mol. The molecule has 116 valence electrons. The van der Waals surface area contributed by atoms with Gasteiger partial charge >= 0.3 is 12.3 Å². The lowest BCUT2D eigenvalue weighted by molar-refractivity contribution is -0.274. The van der Waals surface area contributed by atoms with Crippen LogP contribution in [0.15, 0.2) is 48.5 Å². The molecule has 0 fully saturated rings. The lowest BCUT2D eigenvalue weighted by Crippen LogP contribution is -2.16. The Morgan fingerprint density at radius 2 is 1.45 bits per heavy atom. The largest absolute Gasteiger partial charge is 0.573 e. The number of ether oxygens (including phenoxy) is 1. The molecule has 0 aromatic heterocycles. The minimum atomic E-state index is -4.71. The standard InChI is InChI=1S/C16H13F3O3/c1-10(15(20)21)11-2-4-12(5-3-11)13-6-8-14(9-7-13)22-16(17,18)19/h2-10H,1H3,(H,20,21). The van der Waals surface area contributed by atoms with Crippen LogP contribution < -0.4 is 4.74 Å². The molecule has 0 aliphatic carbocycles. The van der Waals surface area contributed by atoms with Gasteiger partial charge in [0, 0.05) is 0 Å². The van der Waals surface area contributed by atoms with Crippen molar-refractivity contribution in [3.63, 3.8) is 0 Å². The molecule has 0 saturated carbocycles. The van der Waals surface area contributed by atoms with Crippen LogP contribution in [0.25, 0.3) is 11.1 Å². The van der Waals surface area contributed by atoms with Crippen molar-refractivity contribution < 1.29 is 27.8 Å². The molecular weight excluding hydrogens is 297 g/mol. The maximum atomic E-state index is 12.1. The summed E-state index contributed by atoms with van der Waals surface area (Å²) in [5.74, 6) is -1.81. The Morgan fingerprint density at radius 3 is 1.86 bits per heavy atom. The number of hydrogen-bond donors (Lipinski definition) is 1.